The number of rotatable bonds is 4. The second-order valence-corrected chi connectivity index (χ2v) is 3.99. The first kappa shape index (κ1) is 13.5. The zero-order chi connectivity index (χ0) is 12.7. The van der Waals surface area contributed by atoms with Crippen molar-refractivity contribution in [1.82, 2.24) is 15.1 Å². The van der Waals surface area contributed by atoms with Crippen LogP contribution in [-0.4, -0.2) is 66.2 Å². The molecule has 2 amide bonds. The lowest BCUT2D eigenvalue weighted by Crippen LogP contribution is -2.42. The third-order valence-corrected chi connectivity index (χ3v) is 2.63. The summed E-state index contributed by atoms with van der Waals surface area (Å²) in [5.74, 6) is -0.824. The topological polar surface area (TPSA) is 72.9 Å². The van der Waals surface area contributed by atoms with Crippen LogP contribution in [0, 0.1) is 0 Å². The lowest BCUT2D eigenvalue weighted by atomic mass is 10.4. The van der Waals surface area contributed by atoms with Crippen molar-refractivity contribution in [3.8, 4) is 0 Å². The van der Waals surface area contributed by atoms with Gasteiger partial charge >= 0.3 is 12.0 Å². The van der Waals surface area contributed by atoms with Gasteiger partial charge in [0.05, 0.1) is 6.54 Å². The van der Waals surface area contributed by atoms with Crippen LogP contribution in [0.2, 0.25) is 0 Å². The molecule has 0 aromatic rings. The molecular weight excluding hydrogens is 222 g/mol. The Bertz CT molecular complexity index is 294. The first-order chi connectivity index (χ1) is 8.13. The van der Waals surface area contributed by atoms with Crippen LogP contribution >= 0.6 is 0 Å². The van der Waals surface area contributed by atoms with Crippen molar-refractivity contribution in [3.05, 3.63) is 12.7 Å². The van der Waals surface area contributed by atoms with E-state index in [1.54, 1.807) is 11.0 Å². The monoisotopic (exact) mass is 241 g/mol. The summed E-state index contributed by atoms with van der Waals surface area (Å²) >= 11 is 0. The van der Waals surface area contributed by atoms with Crippen LogP contribution in [0.15, 0.2) is 12.7 Å². The molecule has 1 saturated heterocycles. The first-order valence-corrected chi connectivity index (χ1v) is 5.71. The second-order valence-electron chi connectivity index (χ2n) is 3.99. The van der Waals surface area contributed by atoms with Gasteiger partial charge in [-0.25, -0.2) is 4.79 Å². The molecule has 0 aromatic carbocycles. The van der Waals surface area contributed by atoms with Crippen molar-refractivity contribution in [3.63, 3.8) is 0 Å². The van der Waals surface area contributed by atoms with Gasteiger partial charge in [-0.05, 0) is 6.42 Å². The Hall–Kier alpha value is -1.56. The van der Waals surface area contributed by atoms with E-state index < -0.39 is 5.97 Å². The summed E-state index contributed by atoms with van der Waals surface area (Å²) in [6.45, 7) is 6.59. The summed E-state index contributed by atoms with van der Waals surface area (Å²) in [5, 5.41) is 11.4. The number of carbonyl (C=O) groups is 2. The number of hydrogen-bond acceptors (Lipinski definition) is 3. The van der Waals surface area contributed by atoms with Crippen molar-refractivity contribution in [1.29, 1.82) is 0 Å². The molecular formula is C11H19N3O3. The Morgan fingerprint density at radius 2 is 2.06 bits per heavy atom. The number of carbonyl (C=O) groups excluding carboxylic acids is 1. The molecule has 1 heterocycles. The number of aliphatic carboxylic acids is 1. The molecule has 1 fully saturated rings. The summed E-state index contributed by atoms with van der Waals surface area (Å²) in [6.07, 6.45) is 2.43. The van der Waals surface area contributed by atoms with Crippen molar-refractivity contribution in [2.45, 2.75) is 6.42 Å². The highest BCUT2D eigenvalue weighted by Gasteiger charge is 2.19. The lowest BCUT2D eigenvalue weighted by molar-refractivity contribution is -0.138. The molecule has 1 aliphatic rings. The van der Waals surface area contributed by atoms with Crippen molar-refractivity contribution < 1.29 is 14.7 Å². The molecule has 0 bridgehead atoms. The van der Waals surface area contributed by atoms with Crippen LogP contribution in [0.25, 0.3) is 0 Å². The summed E-state index contributed by atoms with van der Waals surface area (Å²) in [7, 11) is 0. The van der Waals surface area contributed by atoms with Gasteiger partial charge in [0.2, 0.25) is 0 Å². The van der Waals surface area contributed by atoms with Crippen molar-refractivity contribution in [2.75, 3.05) is 39.3 Å². The Morgan fingerprint density at radius 3 is 2.71 bits per heavy atom. The largest absolute Gasteiger partial charge is 0.480 e. The van der Waals surface area contributed by atoms with Gasteiger partial charge in [-0.1, -0.05) is 6.08 Å². The molecule has 6 heteroatoms. The summed E-state index contributed by atoms with van der Waals surface area (Å²) < 4.78 is 0. The Labute approximate surface area is 101 Å². The second kappa shape index (κ2) is 6.90. The number of nitrogens with zero attached hydrogens (tertiary/aromatic N) is 2. The zero-order valence-corrected chi connectivity index (χ0v) is 9.89. The van der Waals surface area contributed by atoms with E-state index >= 15 is 0 Å². The molecule has 0 atom stereocenters. The number of carboxylic acids is 1. The fraction of sp³-hybridized carbons (Fsp3) is 0.636. The van der Waals surface area contributed by atoms with Crippen LogP contribution in [0.5, 0.6) is 0 Å². The lowest BCUT2D eigenvalue weighted by Gasteiger charge is -2.21. The quantitative estimate of drug-likeness (QED) is 0.678. The predicted octanol–water partition coefficient (Wildman–Crippen LogP) is -0.0257. The van der Waals surface area contributed by atoms with Gasteiger partial charge < -0.3 is 15.3 Å². The van der Waals surface area contributed by atoms with E-state index in [2.05, 4.69) is 11.9 Å². The highest BCUT2D eigenvalue weighted by atomic mass is 16.4. The first-order valence-electron chi connectivity index (χ1n) is 5.71. The fourth-order valence-corrected chi connectivity index (χ4v) is 1.79. The van der Waals surface area contributed by atoms with E-state index in [4.69, 9.17) is 5.11 Å². The van der Waals surface area contributed by atoms with Gasteiger partial charge in [0.1, 0.15) is 0 Å². The number of nitrogens with one attached hydrogen (secondary N) is 1. The minimum Gasteiger partial charge on any atom is -0.480 e. The smallest absolute Gasteiger partial charge is 0.317 e. The molecule has 0 spiro atoms. The van der Waals surface area contributed by atoms with Crippen LogP contribution < -0.4 is 5.32 Å². The van der Waals surface area contributed by atoms with Crippen molar-refractivity contribution >= 4 is 12.0 Å². The summed E-state index contributed by atoms with van der Waals surface area (Å²) in [5.41, 5.74) is 0. The standard InChI is InChI=1S/C11H19N3O3/c1-2-4-12-11(17)14-6-3-5-13(7-8-14)9-10(15)16/h2H,1,3-9H2,(H,12,17)(H,15,16). The fourth-order valence-electron chi connectivity index (χ4n) is 1.79. The minimum absolute atomic E-state index is 0.0438. The molecule has 0 radical (unpaired) electrons. The van der Waals surface area contributed by atoms with Crippen LogP contribution in [-0.2, 0) is 4.79 Å². The average molecular weight is 241 g/mol. The van der Waals surface area contributed by atoms with Gasteiger partial charge in [-0.2, -0.15) is 0 Å². The van der Waals surface area contributed by atoms with Crippen molar-refractivity contribution in [2.24, 2.45) is 0 Å². The number of hydrogen-bond donors (Lipinski definition) is 2. The maximum atomic E-state index is 11.7. The number of urea groups is 1. The molecule has 0 unspecified atom stereocenters. The third-order valence-electron chi connectivity index (χ3n) is 2.63. The maximum Gasteiger partial charge on any atom is 0.317 e. The highest BCUT2D eigenvalue weighted by molar-refractivity contribution is 5.74. The zero-order valence-electron chi connectivity index (χ0n) is 9.89. The van der Waals surface area contributed by atoms with E-state index in [1.807, 2.05) is 4.90 Å². The third kappa shape index (κ3) is 4.86. The van der Waals surface area contributed by atoms with E-state index in [1.165, 1.54) is 0 Å². The van der Waals surface area contributed by atoms with Gasteiger partial charge in [-0.3, -0.25) is 9.69 Å². The summed E-state index contributed by atoms with van der Waals surface area (Å²) in [4.78, 5) is 25.8. The molecule has 96 valence electrons. The SMILES string of the molecule is C=CCNC(=O)N1CCCN(CC(=O)O)CC1. The van der Waals surface area contributed by atoms with Gasteiger partial charge in [0.25, 0.3) is 0 Å². The maximum absolute atomic E-state index is 11.7. The molecule has 1 rings (SSSR count). The molecule has 1 aliphatic heterocycles. The highest BCUT2D eigenvalue weighted by Crippen LogP contribution is 2.03. The van der Waals surface area contributed by atoms with E-state index in [9.17, 15) is 9.59 Å². The normalized spacial score (nSPS) is 17.3. The van der Waals surface area contributed by atoms with E-state index in [0.29, 0.717) is 26.2 Å². The Kier molecular flexibility index (Phi) is 5.48. The van der Waals surface area contributed by atoms with Crippen LogP contribution in [0.3, 0.4) is 0 Å². The molecule has 6 nitrogen and oxygen atoms in total. The van der Waals surface area contributed by atoms with E-state index in [-0.39, 0.29) is 12.6 Å². The van der Waals surface area contributed by atoms with Crippen LogP contribution in [0.4, 0.5) is 4.79 Å². The molecule has 0 aliphatic carbocycles. The molecule has 0 aromatic heterocycles. The summed E-state index contributed by atoms with van der Waals surface area (Å²) in [6, 6.07) is -0.109. The number of carboxylic acid groups (broad SMARTS) is 1. The average Bonchev–Trinajstić information content (AvgIpc) is 2.51. The van der Waals surface area contributed by atoms with Gasteiger partial charge in [0.15, 0.2) is 0 Å². The predicted molar refractivity (Wildman–Crippen MR) is 63.9 cm³/mol. The van der Waals surface area contributed by atoms with Gasteiger partial charge in [-0.15, -0.1) is 6.58 Å². The molecule has 17 heavy (non-hydrogen) atoms. The van der Waals surface area contributed by atoms with E-state index in [0.717, 1.165) is 13.0 Å². The van der Waals surface area contributed by atoms with Gasteiger partial charge in [0, 0.05) is 32.7 Å². The molecule has 0 saturated carbocycles. The molecule has 2 N–H and O–H groups in total. The Morgan fingerprint density at radius 1 is 1.29 bits per heavy atom. The minimum atomic E-state index is -0.824. The van der Waals surface area contributed by atoms with Crippen LogP contribution in [0.1, 0.15) is 6.42 Å². The number of amides is 2. The Balaban J connectivity index is 2.38.